The Balaban J connectivity index is 1.94. The second-order valence-corrected chi connectivity index (χ2v) is 6.24. The monoisotopic (exact) mass is 268 g/mol. The SMILES string of the molecule is COC[C@@H]1CCN(C(=O)[C@@H]2CCCCN2C(C)C)C1. The Bertz CT molecular complexity index is 307. The largest absolute Gasteiger partial charge is 0.384 e. The topological polar surface area (TPSA) is 32.8 Å². The molecule has 0 aromatic heterocycles. The van der Waals surface area contributed by atoms with Gasteiger partial charge in [-0.25, -0.2) is 0 Å². The standard InChI is InChI=1S/C15H28N2O2/c1-12(2)17-8-5-4-6-14(17)15(18)16-9-7-13(10-16)11-19-3/h12-14H,4-11H2,1-3H3/t13-,14+/m1/s1. The molecule has 4 nitrogen and oxygen atoms in total. The van der Waals surface area contributed by atoms with Crippen molar-refractivity contribution in [3.05, 3.63) is 0 Å². The number of rotatable bonds is 4. The minimum atomic E-state index is 0.120. The number of ether oxygens (including phenoxy) is 1. The highest BCUT2D eigenvalue weighted by molar-refractivity contribution is 5.82. The molecule has 0 unspecified atom stereocenters. The Morgan fingerprint density at radius 1 is 1.26 bits per heavy atom. The minimum Gasteiger partial charge on any atom is -0.384 e. The number of hydrogen-bond acceptors (Lipinski definition) is 3. The Morgan fingerprint density at radius 3 is 2.74 bits per heavy atom. The van der Waals surface area contributed by atoms with Gasteiger partial charge in [-0.1, -0.05) is 6.42 Å². The van der Waals surface area contributed by atoms with Gasteiger partial charge in [0.05, 0.1) is 12.6 Å². The molecule has 0 aromatic carbocycles. The Labute approximate surface area is 117 Å². The van der Waals surface area contributed by atoms with E-state index >= 15 is 0 Å². The third-order valence-corrected chi connectivity index (χ3v) is 4.49. The van der Waals surface area contributed by atoms with E-state index in [1.54, 1.807) is 7.11 Å². The molecule has 2 atom stereocenters. The van der Waals surface area contributed by atoms with E-state index < -0.39 is 0 Å². The lowest BCUT2D eigenvalue weighted by Crippen LogP contribution is -2.52. The highest BCUT2D eigenvalue weighted by Crippen LogP contribution is 2.24. The van der Waals surface area contributed by atoms with Crippen LogP contribution in [0.15, 0.2) is 0 Å². The number of piperidine rings is 1. The molecule has 2 aliphatic heterocycles. The second-order valence-electron chi connectivity index (χ2n) is 6.24. The predicted molar refractivity (Wildman–Crippen MR) is 76.0 cm³/mol. The number of amides is 1. The quantitative estimate of drug-likeness (QED) is 0.778. The summed E-state index contributed by atoms with van der Waals surface area (Å²) in [6.45, 7) is 8.04. The molecule has 2 saturated heterocycles. The van der Waals surface area contributed by atoms with Gasteiger partial charge in [-0.3, -0.25) is 9.69 Å². The molecule has 110 valence electrons. The first-order valence-electron chi connectivity index (χ1n) is 7.67. The molecule has 0 aliphatic carbocycles. The summed E-state index contributed by atoms with van der Waals surface area (Å²) < 4.78 is 5.21. The van der Waals surface area contributed by atoms with Crippen LogP contribution in [0.5, 0.6) is 0 Å². The second kappa shape index (κ2) is 6.71. The molecule has 0 N–H and O–H groups in total. The molecule has 2 heterocycles. The number of carbonyl (C=O) groups is 1. The van der Waals surface area contributed by atoms with E-state index in [1.165, 1.54) is 12.8 Å². The summed E-state index contributed by atoms with van der Waals surface area (Å²) in [5.74, 6) is 0.886. The first-order valence-corrected chi connectivity index (χ1v) is 7.67. The van der Waals surface area contributed by atoms with Gasteiger partial charge in [0.1, 0.15) is 0 Å². The number of hydrogen-bond donors (Lipinski definition) is 0. The number of methoxy groups -OCH3 is 1. The zero-order valence-electron chi connectivity index (χ0n) is 12.6. The summed E-state index contributed by atoms with van der Waals surface area (Å²) in [5, 5.41) is 0. The third kappa shape index (κ3) is 3.48. The fraction of sp³-hybridized carbons (Fsp3) is 0.933. The lowest BCUT2D eigenvalue weighted by Gasteiger charge is -2.39. The van der Waals surface area contributed by atoms with Crippen LogP contribution < -0.4 is 0 Å². The molecule has 0 spiro atoms. The predicted octanol–water partition coefficient (Wildman–Crippen LogP) is 1.74. The molecule has 2 aliphatic rings. The third-order valence-electron chi connectivity index (χ3n) is 4.49. The van der Waals surface area contributed by atoms with Gasteiger partial charge < -0.3 is 9.64 Å². The molecule has 19 heavy (non-hydrogen) atoms. The number of carbonyl (C=O) groups excluding carboxylic acids is 1. The van der Waals surface area contributed by atoms with Crippen molar-refractivity contribution in [2.75, 3.05) is 33.4 Å². The highest BCUT2D eigenvalue weighted by atomic mass is 16.5. The highest BCUT2D eigenvalue weighted by Gasteiger charge is 2.35. The molecule has 0 bridgehead atoms. The first-order chi connectivity index (χ1) is 9.13. The van der Waals surface area contributed by atoms with Gasteiger partial charge in [0, 0.05) is 32.2 Å². The molecule has 2 fully saturated rings. The van der Waals surface area contributed by atoms with Gasteiger partial charge in [-0.05, 0) is 39.7 Å². The minimum absolute atomic E-state index is 0.120. The number of nitrogens with zero attached hydrogens (tertiary/aromatic N) is 2. The van der Waals surface area contributed by atoms with Crippen molar-refractivity contribution in [2.24, 2.45) is 5.92 Å². The van der Waals surface area contributed by atoms with Crippen molar-refractivity contribution in [1.29, 1.82) is 0 Å². The van der Waals surface area contributed by atoms with E-state index in [0.717, 1.165) is 39.1 Å². The average molecular weight is 268 g/mol. The molecule has 0 radical (unpaired) electrons. The summed E-state index contributed by atoms with van der Waals surface area (Å²) in [6.07, 6.45) is 4.54. The zero-order valence-corrected chi connectivity index (χ0v) is 12.6. The summed E-state index contributed by atoms with van der Waals surface area (Å²) in [4.78, 5) is 17.2. The molecule has 1 amide bonds. The lowest BCUT2D eigenvalue weighted by atomic mass is 9.99. The van der Waals surface area contributed by atoms with Crippen LogP contribution in [0.3, 0.4) is 0 Å². The van der Waals surface area contributed by atoms with Crippen LogP contribution >= 0.6 is 0 Å². The lowest BCUT2D eigenvalue weighted by molar-refractivity contribution is -0.138. The molecule has 0 saturated carbocycles. The Hall–Kier alpha value is -0.610. The Morgan fingerprint density at radius 2 is 2.05 bits per heavy atom. The molecule has 2 rings (SSSR count). The number of likely N-dealkylation sites (tertiary alicyclic amines) is 2. The van der Waals surface area contributed by atoms with Gasteiger partial charge in [-0.2, -0.15) is 0 Å². The van der Waals surface area contributed by atoms with Crippen molar-refractivity contribution in [1.82, 2.24) is 9.80 Å². The van der Waals surface area contributed by atoms with Crippen LogP contribution in [0.2, 0.25) is 0 Å². The maximum absolute atomic E-state index is 12.7. The maximum atomic E-state index is 12.7. The summed E-state index contributed by atoms with van der Waals surface area (Å²) in [5.41, 5.74) is 0. The van der Waals surface area contributed by atoms with Crippen LogP contribution in [0.4, 0.5) is 0 Å². The fourth-order valence-corrected chi connectivity index (χ4v) is 3.45. The van der Waals surface area contributed by atoms with E-state index in [1.807, 2.05) is 0 Å². The van der Waals surface area contributed by atoms with E-state index in [-0.39, 0.29) is 6.04 Å². The van der Waals surface area contributed by atoms with E-state index in [0.29, 0.717) is 17.9 Å². The summed E-state index contributed by atoms with van der Waals surface area (Å²) in [6, 6.07) is 0.585. The van der Waals surface area contributed by atoms with Crippen LogP contribution in [0, 0.1) is 5.92 Å². The smallest absolute Gasteiger partial charge is 0.239 e. The van der Waals surface area contributed by atoms with E-state index in [2.05, 4.69) is 23.6 Å². The van der Waals surface area contributed by atoms with Crippen molar-refractivity contribution in [2.45, 2.75) is 51.6 Å². The van der Waals surface area contributed by atoms with E-state index in [9.17, 15) is 4.79 Å². The van der Waals surface area contributed by atoms with Gasteiger partial charge in [-0.15, -0.1) is 0 Å². The molecular weight excluding hydrogens is 240 g/mol. The van der Waals surface area contributed by atoms with Crippen LogP contribution in [-0.2, 0) is 9.53 Å². The molecule has 0 aromatic rings. The van der Waals surface area contributed by atoms with Gasteiger partial charge in [0.2, 0.25) is 5.91 Å². The maximum Gasteiger partial charge on any atom is 0.239 e. The van der Waals surface area contributed by atoms with Crippen molar-refractivity contribution < 1.29 is 9.53 Å². The average Bonchev–Trinajstić information content (AvgIpc) is 2.87. The van der Waals surface area contributed by atoms with Crippen LogP contribution in [-0.4, -0.2) is 61.1 Å². The molecule has 4 heteroatoms. The molecular formula is C15H28N2O2. The Kier molecular flexibility index (Phi) is 5.22. The normalized spacial score (nSPS) is 29.2. The van der Waals surface area contributed by atoms with Crippen molar-refractivity contribution >= 4 is 5.91 Å². The van der Waals surface area contributed by atoms with Crippen molar-refractivity contribution in [3.8, 4) is 0 Å². The van der Waals surface area contributed by atoms with Gasteiger partial charge >= 0.3 is 0 Å². The van der Waals surface area contributed by atoms with Crippen molar-refractivity contribution in [3.63, 3.8) is 0 Å². The van der Waals surface area contributed by atoms with Crippen LogP contribution in [0.25, 0.3) is 0 Å². The van der Waals surface area contributed by atoms with E-state index in [4.69, 9.17) is 4.74 Å². The van der Waals surface area contributed by atoms with Gasteiger partial charge in [0.15, 0.2) is 0 Å². The zero-order chi connectivity index (χ0) is 13.8. The fourth-order valence-electron chi connectivity index (χ4n) is 3.45. The summed E-state index contributed by atoms with van der Waals surface area (Å²) >= 11 is 0. The first kappa shape index (κ1) is 14.8. The summed E-state index contributed by atoms with van der Waals surface area (Å²) in [7, 11) is 1.74. The van der Waals surface area contributed by atoms with Crippen LogP contribution in [0.1, 0.15) is 39.5 Å². The van der Waals surface area contributed by atoms with Gasteiger partial charge in [0.25, 0.3) is 0 Å².